The molecule has 0 bridgehead atoms. The highest BCUT2D eigenvalue weighted by atomic mass is 16.3. The molecule has 0 radical (unpaired) electrons. The minimum absolute atomic E-state index is 0.206. The molecule has 1 amide bonds. The third-order valence-corrected chi connectivity index (χ3v) is 3.71. The number of furan rings is 1. The Balaban J connectivity index is 1.69. The molecule has 0 aromatic carbocycles. The summed E-state index contributed by atoms with van der Waals surface area (Å²) in [5.41, 5.74) is 3.10. The van der Waals surface area contributed by atoms with E-state index in [1.807, 2.05) is 36.7 Å². The van der Waals surface area contributed by atoms with Crippen LogP contribution in [0.15, 0.2) is 47.2 Å². The maximum Gasteiger partial charge on any atom is 0.286 e. The van der Waals surface area contributed by atoms with Gasteiger partial charge in [0.1, 0.15) is 0 Å². The third kappa shape index (κ3) is 3.15. The molecule has 0 spiro atoms. The Kier molecular flexibility index (Phi) is 4.23. The zero-order valence-corrected chi connectivity index (χ0v) is 13.1. The number of hydrogen-bond acceptors (Lipinski definition) is 4. The van der Waals surface area contributed by atoms with E-state index in [0.717, 1.165) is 22.8 Å². The Morgan fingerprint density at radius 1 is 1.26 bits per heavy atom. The molecule has 23 heavy (non-hydrogen) atoms. The maximum absolute atomic E-state index is 11.9. The quantitative estimate of drug-likeness (QED) is 0.785. The fourth-order valence-electron chi connectivity index (χ4n) is 2.53. The van der Waals surface area contributed by atoms with Crippen molar-refractivity contribution < 1.29 is 9.21 Å². The molecule has 3 aromatic heterocycles. The minimum Gasteiger partial charge on any atom is -0.459 e. The summed E-state index contributed by atoms with van der Waals surface area (Å²) in [7, 11) is 0. The second-order valence-corrected chi connectivity index (χ2v) is 5.23. The van der Waals surface area contributed by atoms with Gasteiger partial charge >= 0.3 is 0 Å². The van der Waals surface area contributed by atoms with Crippen molar-refractivity contribution in [3.8, 4) is 5.82 Å². The zero-order chi connectivity index (χ0) is 16.2. The highest BCUT2D eigenvalue weighted by Gasteiger charge is 2.14. The summed E-state index contributed by atoms with van der Waals surface area (Å²) in [6.07, 6.45) is 3.94. The summed E-state index contributed by atoms with van der Waals surface area (Å²) >= 11 is 0. The SMILES string of the molecule is Cc1nn(-c2ccccn2)c(C)c1CCNC(=O)c1ccco1. The van der Waals surface area contributed by atoms with Crippen molar-refractivity contribution >= 4 is 5.91 Å². The number of nitrogens with zero attached hydrogens (tertiary/aromatic N) is 3. The molecule has 118 valence electrons. The van der Waals surface area contributed by atoms with Gasteiger partial charge in [-0.3, -0.25) is 4.79 Å². The van der Waals surface area contributed by atoms with Crippen molar-refractivity contribution in [3.05, 3.63) is 65.5 Å². The average Bonchev–Trinajstić information content (AvgIpc) is 3.19. The lowest BCUT2D eigenvalue weighted by atomic mass is 10.1. The van der Waals surface area contributed by atoms with E-state index in [1.165, 1.54) is 6.26 Å². The van der Waals surface area contributed by atoms with Crippen molar-refractivity contribution in [2.75, 3.05) is 6.54 Å². The minimum atomic E-state index is -0.206. The van der Waals surface area contributed by atoms with Crippen molar-refractivity contribution in [1.82, 2.24) is 20.1 Å². The van der Waals surface area contributed by atoms with Gasteiger partial charge < -0.3 is 9.73 Å². The number of rotatable bonds is 5. The lowest BCUT2D eigenvalue weighted by Gasteiger charge is -2.05. The second kappa shape index (κ2) is 6.48. The number of nitrogens with one attached hydrogen (secondary N) is 1. The Hall–Kier alpha value is -2.89. The predicted molar refractivity (Wildman–Crippen MR) is 85.6 cm³/mol. The van der Waals surface area contributed by atoms with Crippen LogP contribution in [0.5, 0.6) is 0 Å². The first-order valence-corrected chi connectivity index (χ1v) is 7.45. The van der Waals surface area contributed by atoms with Crippen LogP contribution in [0, 0.1) is 13.8 Å². The largest absolute Gasteiger partial charge is 0.459 e. The van der Waals surface area contributed by atoms with Crippen LogP contribution in [0.3, 0.4) is 0 Å². The number of amides is 1. The van der Waals surface area contributed by atoms with Crippen LogP contribution in [0.1, 0.15) is 27.5 Å². The molecule has 0 saturated carbocycles. The summed E-state index contributed by atoms with van der Waals surface area (Å²) in [5, 5.41) is 7.40. The van der Waals surface area contributed by atoms with Crippen LogP contribution in [0.25, 0.3) is 5.82 Å². The first-order valence-electron chi connectivity index (χ1n) is 7.45. The first-order chi connectivity index (χ1) is 11.2. The molecule has 3 rings (SSSR count). The Labute approximate surface area is 134 Å². The summed E-state index contributed by atoms with van der Waals surface area (Å²) < 4.78 is 6.90. The number of aryl methyl sites for hydroxylation is 1. The van der Waals surface area contributed by atoms with Crippen molar-refractivity contribution in [3.63, 3.8) is 0 Å². The van der Waals surface area contributed by atoms with Crippen LogP contribution >= 0.6 is 0 Å². The molecule has 0 unspecified atom stereocenters. The van der Waals surface area contributed by atoms with Gasteiger partial charge in [0, 0.05) is 18.4 Å². The zero-order valence-electron chi connectivity index (χ0n) is 13.1. The van der Waals surface area contributed by atoms with Gasteiger partial charge in [-0.05, 0) is 50.1 Å². The monoisotopic (exact) mass is 310 g/mol. The molecular formula is C17H18N4O2. The van der Waals surface area contributed by atoms with Crippen LogP contribution in [-0.2, 0) is 6.42 Å². The van der Waals surface area contributed by atoms with Gasteiger partial charge in [-0.1, -0.05) is 6.07 Å². The molecule has 0 atom stereocenters. The third-order valence-electron chi connectivity index (χ3n) is 3.71. The number of carbonyl (C=O) groups excluding carboxylic acids is 1. The van der Waals surface area contributed by atoms with Gasteiger partial charge in [0.25, 0.3) is 5.91 Å². The van der Waals surface area contributed by atoms with Crippen LogP contribution < -0.4 is 5.32 Å². The Bertz CT molecular complexity index is 792. The van der Waals surface area contributed by atoms with E-state index in [0.29, 0.717) is 18.7 Å². The standard InChI is InChI=1S/C17H18N4O2/c1-12-14(8-10-19-17(22)15-6-5-11-23-15)13(2)21(20-12)16-7-3-4-9-18-16/h3-7,9,11H,8,10H2,1-2H3,(H,19,22). The van der Waals surface area contributed by atoms with Gasteiger partial charge in [-0.2, -0.15) is 5.10 Å². The van der Waals surface area contributed by atoms with Gasteiger partial charge in [0.05, 0.1) is 12.0 Å². The number of aromatic nitrogens is 3. The van der Waals surface area contributed by atoms with E-state index in [-0.39, 0.29) is 5.91 Å². The van der Waals surface area contributed by atoms with Gasteiger partial charge in [-0.25, -0.2) is 9.67 Å². The number of pyridine rings is 1. The molecule has 0 saturated heterocycles. The highest BCUT2D eigenvalue weighted by molar-refractivity contribution is 5.91. The van der Waals surface area contributed by atoms with E-state index in [2.05, 4.69) is 15.4 Å². The van der Waals surface area contributed by atoms with Gasteiger partial charge in [0.2, 0.25) is 0 Å². The van der Waals surface area contributed by atoms with Crippen LogP contribution in [0.4, 0.5) is 0 Å². The molecule has 6 nitrogen and oxygen atoms in total. The molecule has 3 heterocycles. The lowest BCUT2D eigenvalue weighted by molar-refractivity contribution is 0.0926. The summed E-state index contributed by atoms with van der Waals surface area (Å²) in [5.74, 6) is 0.906. The van der Waals surface area contributed by atoms with E-state index in [9.17, 15) is 4.79 Å². The van der Waals surface area contributed by atoms with Crippen molar-refractivity contribution in [2.24, 2.45) is 0 Å². The second-order valence-electron chi connectivity index (χ2n) is 5.23. The molecule has 3 aromatic rings. The fourth-order valence-corrected chi connectivity index (χ4v) is 2.53. The molecule has 0 aliphatic carbocycles. The van der Waals surface area contributed by atoms with Gasteiger partial charge in [0.15, 0.2) is 11.6 Å². The molecule has 6 heteroatoms. The smallest absolute Gasteiger partial charge is 0.286 e. The average molecular weight is 310 g/mol. The first kappa shape index (κ1) is 15.0. The van der Waals surface area contributed by atoms with E-state index >= 15 is 0 Å². The number of hydrogen-bond donors (Lipinski definition) is 1. The predicted octanol–water partition coefficient (Wildman–Crippen LogP) is 2.45. The van der Waals surface area contributed by atoms with E-state index in [4.69, 9.17) is 4.42 Å². The highest BCUT2D eigenvalue weighted by Crippen LogP contribution is 2.16. The van der Waals surface area contributed by atoms with Gasteiger partial charge in [-0.15, -0.1) is 0 Å². The molecule has 0 fully saturated rings. The van der Waals surface area contributed by atoms with E-state index < -0.39 is 0 Å². The molecular weight excluding hydrogens is 292 g/mol. The summed E-state index contributed by atoms with van der Waals surface area (Å²) in [6.45, 7) is 4.50. The van der Waals surface area contributed by atoms with Crippen LogP contribution in [-0.4, -0.2) is 27.2 Å². The fraction of sp³-hybridized carbons (Fsp3) is 0.235. The lowest BCUT2D eigenvalue weighted by Crippen LogP contribution is -2.25. The molecule has 0 aliphatic heterocycles. The van der Waals surface area contributed by atoms with Crippen molar-refractivity contribution in [2.45, 2.75) is 20.3 Å². The van der Waals surface area contributed by atoms with Crippen molar-refractivity contribution in [1.29, 1.82) is 0 Å². The normalized spacial score (nSPS) is 10.7. The number of carbonyl (C=O) groups is 1. The molecule has 1 N–H and O–H groups in total. The van der Waals surface area contributed by atoms with Crippen LogP contribution in [0.2, 0.25) is 0 Å². The maximum atomic E-state index is 11.9. The summed E-state index contributed by atoms with van der Waals surface area (Å²) in [4.78, 5) is 16.2. The molecule has 0 aliphatic rings. The summed E-state index contributed by atoms with van der Waals surface area (Å²) in [6, 6.07) is 9.06. The Morgan fingerprint density at radius 3 is 2.83 bits per heavy atom. The van der Waals surface area contributed by atoms with E-state index in [1.54, 1.807) is 18.3 Å². The Morgan fingerprint density at radius 2 is 2.13 bits per heavy atom. The topological polar surface area (TPSA) is 73.0 Å².